The summed E-state index contributed by atoms with van der Waals surface area (Å²) in [5.41, 5.74) is 9.79. The minimum Gasteiger partial charge on any atom is -0.352 e. The maximum Gasteiger partial charge on any atom is 0.226 e. The molecular formula is C19H22ClN3O. The maximum atomic E-state index is 12.6. The first kappa shape index (κ1) is 17.0. The van der Waals surface area contributed by atoms with Crippen molar-refractivity contribution in [3.63, 3.8) is 0 Å². The molecule has 2 atom stereocenters. The smallest absolute Gasteiger partial charge is 0.226 e. The van der Waals surface area contributed by atoms with E-state index in [0.29, 0.717) is 18.1 Å². The van der Waals surface area contributed by atoms with Gasteiger partial charge < -0.3 is 5.32 Å². The molecule has 1 heterocycles. The first-order valence-electron chi connectivity index (χ1n) is 8.26. The van der Waals surface area contributed by atoms with E-state index in [1.807, 2.05) is 24.3 Å². The number of benzene rings is 2. The van der Waals surface area contributed by atoms with E-state index < -0.39 is 0 Å². The van der Waals surface area contributed by atoms with Crippen LogP contribution in [0.4, 0.5) is 0 Å². The molecule has 2 unspecified atom stereocenters. The molecule has 1 fully saturated rings. The van der Waals surface area contributed by atoms with Gasteiger partial charge in [0.25, 0.3) is 0 Å². The quantitative estimate of drug-likeness (QED) is 0.782. The van der Waals surface area contributed by atoms with Gasteiger partial charge in [0.05, 0.1) is 12.0 Å². The van der Waals surface area contributed by atoms with Crippen molar-refractivity contribution < 1.29 is 4.79 Å². The second-order valence-electron chi connectivity index (χ2n) is 6.05. The Morgan fingerprint density at radius 3 is 2.46 bits per heavy atom. The zero-order valence-corrected chi connectivity index (χ0v) is 14.4. The van der Waals surface area contributed by atoms with Crippen molar-refractivity contribution >= 4 is 17.5 Å². The van der Waals surface area contributed by atoms with Gasteiger partial charge in [-0.3, -0.25) is 10.2 Å². The Hall–Kier alpha value is -1.88. The Morgan fingerprint density at radius 2 is 1.79 bits per heavy atom. The summed E-state index contributed by atoms with van der Waals surface area (Å²) in [6.45, 7) is 3.26. The minimum absolute atomic E-state index is 0.0128. The SMILES string of the molecule is CCc1ccc(C2NNCC2C(=O)NCc2ccc(Cl)cc2)cc1. The van der Waals surface area contributed by atoms with Crippen molar-refractivity contribution in [3.8, 4) is 0 Å². The molecule has 0 radical (unpaired) electrons. The molecule has 1 aliphatic rings. The van der Waals surface area contributed by atoms with Crippen LogP contribution in [0, 0.1) is 5.92 Å². The van der Waals surface area contributed by atoms with Crippen molar-refractivity contribution in [2.24, 2.45) is 5.92 Å². The molecule has 0 saturated carbocycles. The Balaban J connectivity index is 1.63. The van der Waals surface area contributed by atoms with E-state index in [9.17, 15) is 4.79 Å². The first-order valence-corrected chi connectivity index (χ1v) is 8.64. The highest BCUT2D eigenvalue weighted by molar-refractivity contribution is 6.30. The van der Waals surface area contributed by atoms with Crippen molar-refractivity contribution in [1.82, 2.24) is 16.2 Å². The standard InChI is InChI=1S/C19H22ClN3O/c1-2-13-3-7-15(8-4-13)18-17(12-22-23-18)19(24)21-11-14-5-9-16(20)10-6-14/h3-10,17-18,22-23H,2,11-12H2,1H3,(H,21,24). The molecule has 2 aromatic carbocycles. The number of carbonyl (C=O) groups is 1. The van der Waals surface area contributed by atoms with E-state index in [0.717, 1.165) is 17.5 Å². The topological polar surface area (TPSA) is 53.2 Å². The highest BCUT2D eigenvalue weighted by Crippen LogP contribution is 2.25. The molecule has 24 heavy (non-hydrogen) atoms. The predicted octanol–water partition coefficient (Wildman–Crippen LogP) is 2.98. The molecule has 5 heteroatoms. The Morgan fingerprint density at radius 1 is 1.12 bits per heavy atom. The number of hydrazine groups is 1. The fraction of sp³-hybridized carbons (Fsp3) is 0.316. The largest absolute Gasteiger partial charge is 0.352 e. The second-order valence-corrected chi connectivity index (χ2v) is 6.49. The van der Waals surface area contributed by atoms with E-state index in [2.05, 4.69) is 47.4 Å². The first-order chi connectivity index (χ1) is 11.7. The normalized spacial score (nSPS) is 20.1. The number of nitrogens with one attached hydrogen (secondary N) is 3. The van der Waals surface area contributed by atoms with Crippen LogP contribution in [-0.4, -0.2) is 12.5 Å². The van der Waals surface area contributed by atoms with Gasteiger partial charge in [-0.05, 0) is 35.2 Å². The fourth-order valence-electron chi connectivity index (χ4n) is 2.94. The summed E-state index contributed by atoms with van der Waals surface area (Å²) >= 11 is 5.88. The molecule has 0 aliphatic carbocycles. The lowest BCUT2D eigenvalue weighted by Gasteiger charge is -2.19. The highest BCUT2D eigenvalue weighted by Gasteiger charge is 2.33. The molecule has 0 aromatic heterocycles. The van der Waals surface area contributed by atoms with Gasteiger partial charge >= 0.3 is 0 Å². The number of amides is 1. The molecule has 1 saturated heterocycles. The van der Waals surface area contributed by atoms with Crippen LogP contribution in [-0.2, 0) is 17.8 Å². The molecule has 4 nitrogen and oxygen atoms in total. The molecule has 126 valence electrons. The molecule has 1 amide bonds. The van der Waals surface area contributed by atoms with E-state index in [4.69, 9.17) is 11.6 Å². The van der Waals surface area contributed by atoms with Gasteiger partial charge in [-0.2, -0.15) is 0 Å². The predicted molar refractivity (Wildman–Crippen MR) is 96.5 cm³/mol. The van der Waals surface area contributed by atoms with Crippen LogP contribution in [0.5, 0.6) is 0 Å². The molecule has 0 bridgehead atoms. The van der Waals surface area contributed by atoms with Crippen LogP contribution >= 0.6 is 11.6 Å². The van der Waals surface area contributed by atoms with Crippen LogP contribution in [0.1, 0.15) is 29.7 Å². The van der Waals surface area contributed by atoms with Gasteiger partial charge in [0.2, 0.25) is 5.91 Å². The third-order valence-corrected chi connectivity index (χ3v) is 4.70. The summed E-state index contributed by atoms with van der Waals surface area (Å²) in [6, 6.07) is 16.0. The van der Waals surface area contributed by atoms with Crippen LogP contribution in [0.15, 0.2) is 48.5 Å². The van der Waals surface area contributed by atoms with Gasteiger partial charge in [-0.15, -0.1) is 0 Å². The number of rotatable bonds is 5. The Kier molecular flexibility index (Phi) is 5.51. The fourth-order valence-corrected chi connectivity index (χ4v) is 3.07. The van der Waals surface area contributed by atoms with Gasteiger partial charge in [-0.25, -0.2) is 5.43 Å². The zero-order chi connectivity index (χ0) is 16.9. The summed E-state index contributed by atoms with van der Waals surface area (Å²) in [6.07, 6.45) is 1.02. The lowest BCUT2D eigenvalue weighted by atomic mass is 9.93. The summed E-state index contributed by atoms with van der Waals surface area (Å²) in [7, 11) is 0. The lowest BCUT2D eigenvalue weighted by Crippen LogP contribution is -2.34. The summed E-state index contributed by atoms with van der Waals surface area (Å²) in [5, 5.41) is 3.72. The molecule has 3 rings (SSSR count). The Bertz CT molecular complexity index is 685. The maximum absolute atomic E-state index is 12.6. The minimum atomic E-state index is -0.134. The summed E-state index contributed by atoms with van der Waals surface area (Å²) in [4.78, 5) is 12.6. The average molecular weight is 344 g/mol. The number of halogens is 1. The Labute approximate surface area is 147 Å². The average Bonchev–Trinajstić information content (AvgIpc) is 3.11. The number of aryl methyl sites for hydroxylation is 1. The van der Waals surface area contributed by atoms with Crippen LogP contribution in [0.25, 0.3) is 0 Å². The van der Waals surface area contributed by atoms with Crippen molar-refractivity contribution in [2.45, 2.75) is 25.9 Å². The van der Waals surface area contributed by atoms with E-state index >= 15 is 0 Å². The van der Waals surface area contributed by atoms with Crippen molar-refractivity contribution in [1.29, 1.82) is 0 Å². The van der Waals surface area contributed by atoms with Gasteiger partial charge in [0, 0.05) is 18.1 Å². The lowest BCUT2D eigenvalue weighted by molar-refractivity contribution is -0.125. The highest BCUT2D eigenvalue weighted by atomic mass is 35.5. The third-order valence-electron chi connectivity index (χ3n) is 4.45. The van der Waals surface area contributed by atoms with E-state index in [1.165, 1.54) is 5.56 Å². The molecular weight excluding hydrogens is 322 g/mol. The van der Waals surface area contributed by atoms with Gasteiger partial charge in [0.15, 0.2) is 0 Å². The monoisotopic (exact) mass is 343 g/mol. The number of hydrogen-bond donors (Lipinski definition) is 3. The van der Waals surface area contributed by atoms with Crippen molar-refractivity contribution in [2.75, 3.05) is 6.54 Å². The molecule has 3 N–H and O–H groups in total. The van der Waals surface area contributed by atoms with Gasteiger partial charge in [-0.1, -0.05) is 54.9 Å². The van der Waals surface area contributed by atoms with Crippen molar-refractivity contribution in [3.05, 3.63) is 70.2 Å². The third kappa shape index (κ3) is 3.96. The molecule has 1 aliphatic heterocycles. The molecule has 2 aromatic rings. The zero-order valence-electron chi connectivity index (χ0n) is 13.7. The summed E-state index contributed by atoms with van der Waals surface area (Å²) in [5.74, 6) is -0.0863. The number of carbonyl (C=O) groups excluding carboxylic acids is 1. The number of hydrogen-bond acceptors (Lipinski definition) is 3. The molecule has 0 spiro atoms. The summed E-state index contributed by atoms with van der Waals surface area (Å²) < 4.78 is 0. The van der Waals surface area contributed by atoms with Gasteiger partial charge in [0.1, 0.15) is 0 Å². The second kappa shape index (κ2) is 7.79. The van der Waals surface area contributed by atoms with Crippen LogP contribution < -0.4 is 16.2 Å². The van der Waals surface area contributed by atoms with Crippen LogP contribution in [0.2, 0.25) is 5.02 Å². The van der Waals surface area contributed by atoms with E-state index in [-0.39, 0.29) is 17.9 Å². The van der Waals surface area contributed by atoms with Crippen LogP contribution in [0.3, 0.4) is 0 Å². The van der Waals surface area contributed by atoms with E-state index in [1.54, 1.807) is 0 Å².